The van der Waals surface area contributed by atoms with Crippen LogP contribution in [-0.2, 0) is 31.8 Å². The number of carbonyl (C=O) groups is 1. The van der Waals surface area contributed by atoms with E-state index in [1.807, 2.05) is 32.4 Å². The fraction of sp³-hybridized carbons (Fsp3) is 0.679. The number of alkyl halides is 2. The molecular formula is C28H40Cl2N3O10+. The Morgan fingerprint density at radius 1 is 1.14 bits per heavy atom. The number of aliphatic hydroxyl groups is 5. The first-order chi connectivity index (χ1) is 20.4. The maximum atomic E-state index is 11.4. The van der Waals surface area contributed by atoms with Crippen molar-refractivity contribution in [3.63, 3.8) is 0 Å². The molecule has 0 saturated carbocycles. The number of hydrogen-bond acceptors (Lipinski definition) is 10. The average Bonchev–Trinajstić information content (AvgIpc) is 3.64. The van der Waals surface area contributed by atoms with Crippen molar-refractivity contribution in [3.8, 4) is 0 Å². The van der Waals surface area contributed by atoms with Crippen LogP contribution in [0.15, 0.2) is 24.4 Å². The minimum atomic E-state index is -1.88. The maximum absolute atomic E-state index is 11.4. The number of likely N-dealkylation sites (N-methyl/N-ethyl adjacent to an activating group) is 1. The lowest BCUT2D eigenvalue weighted by Crippen LogP contribution is -2.64. The SMILES string of the molecule is C[N+](C)(CCc1c[nH]c2ccc(C[C@@H]3COC(=O)N3)cc12)C[C@@]1(O[C@H]2O[C@H](CO)[C@H](Cl)[C@H](O)[C@H]2O)O[C@H](CCl)[C@@H](O)[C@@H]1O. The Labute approximate surface area is 258 Å². The Balaban J connectivity index is 1.33. The second-order valence-corrected chi connectivity index (χ2v) is 13.0. The van der Waals surface area contributed by atoms with E-state index in [-0.39, 0.29) is 22.9 Å². The number of carbonyl (C=O) groups excluding carboxylic acids is 1. The van der Waals surface area contributed by atoms with Crippen molar-refractivity contribution in [1.29, 1.82) is 0 Å². The predicted octanol–water partition coefficient (Wildman–Crippen LogP) is -0.444. The number of fused-ring (bicyclic) bond motifs is 1. The van der Waals surface area contributed by atoms with Gasteiger partial charge in [0.2, 0.25) is 0 Å². The first-order valence-electron chi connectivity index (χ1n) is 14.2. The molecule has 4 heterocycles. The highest BCUT2D eigenvalue weighted by Crippen LogP contribution is 2.39. The van der Waals surface area contributed by atoms with Crippen molar-refractivity contribution in [2.24, 2.45) is 0 Å². The molecule has 3 aliphatic heterocycles. The molecule has 0 aliphatic carbocycles. The molecule has 13 nitrogen and oxygen atoms in total. The van der Waals surface area contributed by atoms with E-state index < -0.39 is 66.8 Å². The lowest BCUT2D eigenvalue weighted by Gasteiger charge is -2.45. The first kappa shape index (κ1) is 32.6. The molecule has 0 unspecified atom stereocenters. The number of amides is 1. The van der Waals surface area contributed by atoms with Crippen LogP contribution in [-0.4, -0.2) is 147 Å². The highest BCUT2D eigenvalue weighted by atomic mass is 35.5. The molecule has 10 atom stereocenters. The van der Waals surface area contributed by atoms with Crippen molar-refractivity contribution in [2.45, 2.75) is 73.0 Å². The van der Waals surface area contributed by atoms with E-state index in [4.69, 9.17) is 42.1 Å². The van der Waals surface area contributed by atoms with Crippen molar-refractivity contribution >= 4 is 40.2 Å². The minimum Gasteiger partial charge on any atom is -0.447 e. The fourth-order valence-electron chi connectivity index (χ4n) is 6.06. The quantitative estimate of drug-likeness (QED) is 0.125. The van der Waals surface area contributed by atoms with Crippen molar-refractivity contribution < 1.29 is 53.8 Å². The van der Waals surface area contributed by atoms with E-state index in [0.717, 1.165) is 22.0 Å². The molecule has 240 valence electrons. The van der Waals surface area contributed by atoms with Crippen LogP contribution >= 0.6 is 23.2 Å². The lowest BCUT2D eigenvalue weighted by molar-refractivity contribution is -0.901. The lowest BCUT2D eigenvalue weighted by atomic mass is 10.0. The Morgan fingerprint density at radius 2 is 1.91 bits per heavy atom. The summed E-state index contributed by atoms with van der Waals surface area (Å²) in [5, 5.41) is 55.5. The third-order valence-corrected chi connectivity index (χ3v) is 9.30. The number of alkyl carbamates (subject to hydrolysis) is 1. The second-order valence-electron chi connectivity index (χ2n) is 12.2. The minimum absolute atomic E-state index is 0.00433. The van der Waals surface area contributed by atoms with Gasteiger partial charge in [-0.25, -0.2) is 4.79 Å². The number of rotatable bonds is 11. The zero-order valence-electron chi connectivity index (χ0n) is 23.9. The number of nitrogens with zero attached hydrogens (tertiary/aromatic N) is 1. The number of benzene rings is 1. The number of aromatic amines is 1. The van der Waals surface area contributed by atoms with Gasteiger partial charge in [0.15, 0.2) is 6.29 Å². The van der Waals surface area contributed by atoms with Crippen LogP contribution in [0.3, 0.4) is 0 Å². The number of halogens is 2. The molecule has 5 rings (SSSR count). The number of aromatic nitrogens is 1. The van der Waals surface area contributed by atoms with Gasteiger partial charge >= 0.3 is 6.09 Å². The summed E-state index contributed by atoms with van der Waals surface area (Å²) in [5.74, 6) is -2.01. The van der Waals surface area contributed by atoms with E-state index in [2.05, 4.69) is 16.4 Å². The third kappa shape index (κ3) is 6.77. The molecule has 1 aromatic carbocycles. The molecule has 43 heavy (non-hydrogen) atoms. The number of quaternary nitrogens is 1. The topological polar surface area (TPSA) is 183 Å². The molecule has 3 aliphatic rings. The third-order valence-electron chi connectivity index (χ3n) is 8.46. The van der Waals surface area contributed by atoms with Gasteiger partial charge in [0.05, 0.1) is 44.5 Å². The van der Waals surface area contributed by atoms with Crippen LogP contribution in [0.25, 0.3) is 10.9 Å². The van der Waals surface area contributed by atoms with Crippen LogP contribution < -0.4 is 5.32 Å². The molecule has 1 aromatic heterocycles. The molecule has 3 saturated heterocycles. The number of cyclic esters (lactones) is 1. The summed E-state index contributed by atoms with van der Waals surface area (Å²) in [6.07, 6.45) is -6.83. The Hall–Kier alpha value is -1.75. The van der Waals surface area contributed by atoms with Gasteiger partial charge in [0.1, 0.15) is 49.8 Å². The zero-order chi connectivity index (χ0) is 31.1. The van der Waals surface area contributed by atoms with Crippen LogP contribution in [0, 0.1) is 0 Å². The van der Waals surface area contributed by atoms with Gasteiger partial charge < -0.3 is 59.3 Å². The first-order valence-corrected chi connectivity index (χ1v) is 15.2. The summed E-state index contributed by atoms with van der Waals surface area (Å²) in [5.41, 5.74) is 3.09. The molecular weight excluding hydrogens is 609 g/mol. The number of hydrogen-bond donors (Lipinski definition) is 7. The fourth-order valence-corrected chi connectivity index (χ4v) is 6.60. The van der Waals surface area contributed by atoms with E-state index in [0.29, 0.717) is 26.0 Å². The average molecular weight is 650 g/mol. The monoisotopic (exact) mass is 648 g/mol. The number of aliphatic hydroxyl groups excluding tert-OH is 5. The molecule has 3 fully saturated rings. The number of nitrogens with one attached hydrogen (secondary N) is 2. The summed E-state index contributed by atoms with van der Waals surface area (Å²) in [6, 6.07) is 6.02. The van der Waals surface area contributed by atoms with Gasteiger partial charge in [0, 0.05) is 23.5 Å². The zero-order valence-corrected chi connectivity index (χ0v) is 25.4. The summed E-state index contributed by atoms with van der Waals surface area (Å²) < 4.78 is 23.0. The van der Waals surface area contributed by atoms with Gasteiger partial charge in [-0.2, -0.15) is 0 Å². The summed E-state index contributed by atoms with van der Waals surface area (Å²) >= 11 is 12.1. The summed E-state index contributed by atoms with van der Waals surface area (Å²) in [4.78, 5) is 14.7. The van der Waals surface area contributed by atoms with Crippen LogP contribution in [0.5, 0.6) is 0 Å². The van der Waals surface area contributed by atoms with E-state index in [1.54, 1.807) is 0 Å². The van der Waals surface area contributed by atoms with Crippen LogP contribution in [0.2, 0.25) is 0 Å². The predicted molar refractivity (Wildman–Crippen MR) is 155 cm³/mol. The molecule has 15 heteroatoms. The van der Waals surface area contributed by atoms with Crippen molar-refractivity contribution in [3.05, 3.63) is 35.5 Å². The summed E-state index contributed by atoms with van der Waals surface area (Å²) in [7, 11) is 3.81. The van der Waals surface area contributed by atoms with Crippen LogP contribution in [0.4, 0.5) is 4.79 Å². The standard InChI is InChI=1S/C28H39Cl2N3O10/c1-33(2,6-5-15-10-31-18-4-3-14(8-17(15)18)7-16-12-40-27(39)32-16)13-28(25(38)22(35)19(9-29)42-28)43-26-24(37)23(36)21(30)20(11-34)41-26/h3-4,8,10,16,19-26,31,34-38H,5-7,9,11-13H2,1-2H3/p+1/t16-,19-,20-,21+,22-,23+,24-,25+,26-,28+/m1/s1. The molecule has 0 bridgehead atoms. The highest BCUT2D eigenvalue weighted by Gasteiger charge is 2.61. The Morgan fingerprint density at radius 3 is 2.56 bits per heavy atom. The number of H-pyrrole nitrogens is 1. The molecule has 2 aromatic rings. The normalized spacial score (nSPS) is 36.7. The van der Waals surface area contributed by atoms with E-state index in [9.17, 15) is 30.3 Å². The van der Waals surface area contributed by atoms with Gasteiger partial charge in [-0.3, -0.25) is 0 Å². The van der Waals surface area contributed by atoms with Crippen molar-refractivity contribution in [1.82, 2.24) is 10.3 Å². The van der Waals surface area contributed by atoms with E-state index >= 15 is 0 Å². The highest BCUT2D eigenvalue weighted by molar-refractivity contribution is 6.21. The largest absolute Gasteiger partial charge is 0.447 e. The molecule has 1 amide bonds. The van der Waals surface area contributed by atoms with Gasteiger partial charge in [-0.15, -0.1) is 23.2 Å². The molecule has 0 radical (unpaired) electrons. The summed E-state index contributed by atoms with van der Waals surface area (Å²) in [6.45, 7) is 0.337. The van der Waals surface area contributed by atoms with Gasteiger partial charge in [-0.05, 0) is 29.7 Å². The smallest absolute Gasteiger partial charge is 0.407 e. The van der Waals surface area contributed by atoms with E-state index in [1.165, 1.54) is 0 Å². The van der Waals surface area contributed by atoms with Crippen molar-refractivity contribution in [2.75, 3.05) is 46.3 Å². The Kier molecular flexibility index (Phi) is 9.81. The number of ether oxygens (including phenoxy) is 4. The maximum Gasteiger partial charge on any atom is 0.407 e. The van der Waals surface area contributed by atoms with Gasteiger partial charge in [-0.1, -0.05) is 6.07 Å². The van der Waals surface area contributed by atoms with Crippen LogP contribution in [0.1, 0.15) is 11.1 Å². The van der Waals surface area contributed by atoms with Gasteiger partial charge in [0.25, 0.3) is 5.79 Å². The Bertz CT molecular complexity index is 1280. The second kappa shape index (κ2) is 12.9. The molecule has 7 N–H and O–H groups in total. The molecule has 0 spiro atoms.